The molecule has 7 heteroatoms. The number of rotatable bonds is 5. The predicted molar refractivity (Wildman–Crippen MR) is 118 cm³/mol. The van der Waals surface area contributed by atoms with E-state index in [1.54, 1.807) is 39.1 Å². The Balaban J connectivity index is 2.28. The summed E-state index contributed by atoms with van der Waals surface area (Å²) in [6.07, 6.45) is 5.77. The number of nitrogens with zero attached hydrogens (tertiary/aromatic N) is 2. The first-order valence-corrected chi connectivity index (χ1v) is 9.68. The maximum Gasteiger partial charge on any atom is 0.300 e. The Labute approximate surface area is 179 Å². The minimum absolute atomic E-state index is 0.251. The fraction of sp³-hybridized carbons (Fsp3) is 0.208. The van der Waals surface area contributed by atoms with Crippen LogP contribution in [-0.4, -0.2) is 15.7 Å². The maximum atomic E-state index is 13.8. The third-order valence-electron chi connectivity index (χ3n) is 4.83. The molecule has 0 unspecified atom stereocenters. The summed E-state index contributed by atoms with van der Waals surface area (Å²) in [5.74, 6) is 1.92. The van der Waals surface area contributed by atoms with Crippen molar-refractivity contribution in [3.63, 3.8) is 0 Å². The van der Waals surface area contributed by atoms with E-state index in [2.05, 4.69) is 10.4 Å². The smallest absolute Gasteiger partial charge is 0.300 e. The molecule has 0 radical (unpaired) electrons. The van der Waals surface area contributed by atoms with Gasteiger partial charge < -0.3 is 10.1 Å². The van der Waals surface area contributed by atoms with Gasteiger partial charge in [-0.3, -0.25) is 9.59 Å². The molecule has 2 aromatic carbocycles. The van der Waals surface area contributed by atoms with Crippen LogP contribution in [0, 0.1) is 32.0 Å². The number of anilines is 1. The van der Waals surface area contributed by atoms with Crippen LogP contribution in [0.4, 0.5) is 10.1 Å². The van der Waals surface area contributed by atoms with Gasteiger partial charge in [-0.1, -0.05) is 13.0 Å². The van der Waals surface area contributed by atoms with E-state index in [9.17, 15) is 14.0 Å². The van der Waals surface area contributed by atoms with Gasteiger partial charge in [0.1, 0.15) is 23.0 Å². The summed E-state index contributed by atoms with van der Waals surface area (Å²) in [6, 6.07) is 9.36. The van der Waals surface area contributed by atoms with Crippen LogP contribution >= 0.6 is 0 Å². The highest BCUT2D eigenvalue weighted by molar-refractivity contribution is 6.06. The molecule has 158 valence electrons. The molecule has 1 amide bonds. The third-order valence-corrected chi connectivity index (χ3v) is 4.83. The van der Waals surface area contributed by atoms with Gasteiger partial charge in [0.25, 0.3) is 11.5 Å². The third kappa shape index (κ3) is 4.48. The first-order chi connectivity index (χ1) is 14.7. The number of carbonyl (C=O) groups excluding carboxylic acids is 1. The lowest BCUT2D eigenvalue weighted by atomic mass is 10.0. The number of amides is 1. The number of nitrogens with one attached hydrogen (secondary N) is 1. The lowest BCUT2D eigenvalue weighted by molar-refractivity contribution is -0.111. The van der Waals surface area contributed by atoms with E-state index >= 15 is 0 Å². The van der Waals surface area contributed by atoms with Crippen molar-refractivity contribution in [2.24, 2.45) is 7.05 Å². The van der Waals surface area contributed by atoms with Crippen LogP contribution in [0.2, 0.25) is 0 Å². The molecule has 0 fully saturated rings. The lowest BCUT2D eigenvalue weighted by Crippen LogP contribution is -2.21. The van der Waals surface area contributed by atoms with Gasteiger partial charge in [-0.25, -0.2) is 9.07 Å². The van der Waals surface area contributed by atoms with Crippen LogP contribution in [0.15, 0.2) is 41.2 Å². The normalized spacial score (nSPS) is 10.5. The number of aryl methyl sites for hydroxylation is 4. The van der Waals surface area contributed by atoms with Crippen LogP contribution < -0.4 is 15.6 Å². The molecule has 3 aromatic rings. The van der Waals surface area contributed by atoms with E-state index < -0.39 is 5.91 Å². The highest BCUT2D eigenvalue weighted by atomic mass is 19.1. The lowest BCUT2D eigenvalue weighted by Gasteiger charge is -2.19. The summed E-state index contributed by atoms with van der Waals surface area (Å²) in [5.41, 5.74) is 3.00. The quantitative estimate of drug-likeness (QED) is 0.631. The van der Waals surface area contributed by atoms with Crippen LogP contribution in [0.5, 0.6) is 11.5 Å². The molecule has 1 N–H and O–H groups in total. The molecule has 0 aliphatic rings. The summed E-state index contributed by atoms with van der Waals surface area (Å²) < 4.78 is 21.2. The Hall–Kier alpha value is -3.92. The number of ether oxygens (including phenoxy) is 1. The van der Waals surface area contributed by atoms with E-state index in [1.165, 1.54) is 22.9 Å². The zero-order chi connectivity index (χ0) is 22.7. The first-order valence-electron chi connectivity index (χ1n) is 9.68. The molecule has 0 aliphatic carbocycles. The highest BCUT2D eigenvalue weighted by Gasteiger charge is 2.21. The van der Waals surface area contributed by atoms with E-state index in [1.807, 2.05) is 12.8 Å². The molecule has 3 rings (SSSR count). The van der Waals surface area contributed by atoms with Crippen molar-refractivity contribution in [3.8, 4) is 35.1 Å². The number of benzene rings is 2. The summed E-state index contributed by atoms with van der Waals surface area (Å²) in [6.45, 7) is 5.39. The van der Waals surface area contributed by atoms with Crippen molar-refractivity contribution in [3.05, 3.63) is 69.3 Å². The minimum atomic E-state index is -0.629. The van der Waals surface area contributed by atoms with Crippen molar-refractivity contribution in [1.82, 2.24) is 9.78 Å². The Morgan fingerprint density at radius 2 is 1.94 bits per heavy atom. The molecule has 0 spiro atoms. The molecule has 0 atom stereocenters. The zero-order valence-corrected chi connectivity index (χ0v) is 17.7. The van der Waals surface area contributed by atoms with E-state index in [0.717, 1.165) is 0 Å². The fourth-order valence-electron chi connectivity index (χ4n) is 3.35. The highest BCUT2D eigenvalue weighted by Crippen LogP contribution is 2.41. The van der Waals surface area contributed by atoms with Gasteiger partial charge in [-0.15, -0.1) is 6.42 Å². The standard InChI is InChI=1S/C24H22FN3O3/c1-6-16-13-21(30)28(5)27-23(16)22-18(26-20(29)7-2)9-8-10-19(22)31-24-14(3)11-17(25)12-15(24)4/h2,8-13H,6H2,1,3-5H3,(H,26,29). The molecule has 0 saturated carbocycles. The number of hydrogen-bond acceptors (Lipinski definition) is 4. The molecule has 0 aliphatic heterocycles. The van der Waals surface area contributed by atoms with Gasteiger partial charge >= 0.3 is 0 Å². The van der Waals surface area contributed by atoms with E-state index in [-0.39, 0.29) is 11.4 Å². The second kappa shape index (κ2) is 8.84. The van der Waals surface area contributed by atoms with Gasteiger partial charge in [0.15, 0.2) is 0 Å². The molecular weight excluding hydrogens is 397 g/mol. The monoisotopic (exact) mass is 419 g/mol. The van der Waals surface area contributed by atoms with Gasteiger partial charge in [0, 0.05) is 13.1 Å². The maximum absolute atomic E-state index is 13.8. The summed E-state index contributed by atoms with van der Waals surface area (Å²) in [5, 5.41) is 7.10. The van der Waals surface area contributed by atoms with Gasteiger partial charge in [0.05, 0.1) is 11.3 Å². The van der Waals surface area contributed by atoms with Crippen molar-refractivity contribution in [1.29, 1.82) is 0 Å². The summed E-state index contributed by atoms with van der Waals surface area (Å²) in [7, 11) is 1.54. The molecule has 31 heavy (non-hydrogen) atoms. The molecular formula is C24H22FN3O3. The topological polar surface area (TPSA) is 73.2 Å². The Bertz CT molecular complexity index is 1250. The first kappa shape index (κ1) is 21.8. The average molecular weight is 419 g/mol. The number of carbonyl (C=O) groups is 1. The molecule has 0 saturated heterocycles. The van der Waals surface area contributed by atoms with Gasteiger partial charge in [-0.05, 0) is 67.1 Å². The average Bonchev–Trinajstić information content (AvgIpc) is 2.72. The summed E-state index contributed by atoms with van der Waals surface area (Å²) in [4.78, 5) is 24.1. The second-order valence-electron chi connectivity index (χ2n) is 7.08. The minimum Gasteiger partial charge on any atom is -0.456 e. The van der Waals surface area contributed by atoms with Gasteiger partial charge in [0.2, 0.25) is 0 Å². The summed E-state index contributed by atoms with van der Waals surface area (Å²) >= 11 is 0. The molecule has 1 heterocycles. The van der Waals surface area contributed by atoms with Crippen LogP contribution in [-0.2, 0) is 18.3 Å². The van der Waals surface area contributed by atoms with Crippen LogP contribution in [0.25, 0.3) is 11.3 Å². The second-order valence-corrected chi connectivity index (χ2v) is 7.08. The van der Waals surface area contributed by atoms with Crippen molar-refractivity contribution in [2.75, 3.05) is 5.32 Å². The van der Waals surface area contributed by atoms with E-state index in [4.69, 9.17) is 11.2 Å². The van der Waals surface area contributed by atoms with E-state index in [0.29, 0.717) is 51.6 Å². The Morgan fingerprint density at radius 1 is 1.26 bits per heavy atom. The largest absolute Gasteiger partial charge is 0.456 e. The van der Waals surface area contributed by atoms with Crippen LogP contribution in [0.3, 0.4) is 0 Å². The fourth-order valence-corrected chi connectivity index (χ4v) is 3.35. The molecule has 1 aromatic heterocycles. The molecule has 6 nitrogen and oxygen atoms in total. The number of hydrogen-bond donors (Lipinski definition) is 1. The number of aromatic nitrogens is 2. The van der Waals surface area contributed by atoms with Crippen molar-refractivity contribution < 1.29 is 13.9 Å². The Kier molecular flexibility index (Phi) is 6.21. The Morgan fingerprint density at radius 3 is 2.55 bits per heavy atom. The molecule has 0 bridgehead atoms. The van der Waals surface area contributed by atoms with Gasteiger partial charge in [-0.2, -0.15) is 5.10 Å². The predicted octanol–water partition coefficient (Wildman–Crippen LogP) is 4.13. The number of terminal acetylenes is 1. The van der Waals surface area contributed by atoms with Crippen molar-refractivity contribution >= 4 is 11.6 Å². The zero-order valence-electron chi connectivity index (χ0n) is 17.7. The van der Waals surface area contributed by atoms with Crippen molar-refractivity contribution in [2.45, 2.75) is 27.2 Å². The van der Waals surface area contributed by atoms with Crippen LogP contribution in [0.1, 0.15) is 23.6 Å². The number of halogens is 1. The SMILES string of the molecule is C#CC(=O)Nc1cccc(Oc2c(C)cc(F)cc2C)c1-c1nn(C)c(=O)cc1CC.